The first-order chi connectivity index (χ1) is 3.22. The molecule has 0 aromatic carbocycles. The van der Waals surface area contributed by atoms with Crippen molar-refractivity contribution in [3.8, 4) is 0 Å². The standard InChI is InChI=1S/C4H11N3/c1-3(5)7-4(2)6-7/h3-4,6H,5H2,1-2H3. The first-order valence-electron chi connectivity index (χ1n) is 2.52. The van der Waals surface area contributed by atoms with E-state index in [4.69, 9.17) is 5.73 Å². The lowest BCUT2D eigenvalue weighted by molar-refractivity contribution is 0.387. The van der Waals surface area contributed by atoms with Crippen molar-refractivity contribution in [2.24, 2.45) is 5.73 Å². The van der Waals surface area contributed by atoms with E-state index in [1.807, 2.05) is 11.9 Å². The van der Waals surface area contributed by atoms with Crippen LogP contribution in [-0.2, 0) is 0 Å². The van der Waals surface area contributed by atoms with Crippen molar-refractivity contribution in [2.45, 2.75) is 26.2 Å². The van der Waals surface area contributed by atoms with E-state index in [-0.39, 0.29) is 6.17 Å². The van der Waals surface area contributed by atoms with Gasteiger partial charge in [-0.15, -0.1) is 0 Å². The molecule has 3 N–H and O–H groups in total. The highest BCUT2D eigenvalue weighted by Gasteiger charge is 2.30. The Kier molecular flexibility index (Phi) is 1.03. The molecule has 0 amide bonds. The molecule has 0 spiro atoms. The largest absolute Gasteiger partial charge is 0.315 e. The fourth-order valence-electron chi connectivity index (χ4n) is 0.653. The van der Waals surface area contributed by atoms with Gasteiger partial charge in [-0.1, -0.05) is 0 Å². The summed E-state index contributed by atoms with van der Waals surface area (Å²) in [4.78, 5) is 0. The van der Waals surface area contributed by atoms with E-state index >= 15 is 0 Å². The molecule has 3 heteroatoms. The van der Waals surface area contributed by atoms with Gasteiger partial charge in [0.25, 0.3) is 0 Å². The third-order valence-electron chi connectivity index (χ3n) is 1.12. The molecule has 1 fully saturated rings. The first kappa shape index (κ1) is 5.03. The van der Waals surface area contributed by atoms with E-state index in [0.29, 0.717) is 6.17 Å². The Hall–Kier alpha value is -0.120. The molecule has 0 aliphatic carbocycles. The zero-order valence-electron chi connectivity index (χ0n) is 4.68. The average molecular weight is 101 g/mol. The Morgan fingerprint density at radius 1 is 1.86 bits per heavy atom. The van der Waals surface area contributed by atoms with Crippen molar-refractivity contribution < 1.29 is 0 Å². The van der Waals surface area contributed by atoms with Crippen molar-refractivity contribution >= 4 is 0 Å². The normalized spacial score (nSPS) is 43.3. The monoisotopic (exact) mass is 101 g/mol. The molecule has 42 valence electrons. The molecule has 3 nitrogen and oxygen atoms in total. The zero-order chi connectivity index (χ0) is 5.44. The summed E-state index contributed by atoms with van der Waals surface area (Å²) in [6.45, 7) is 4.03. The topological polar surface area (TPSA) is 51.0 Å². The van der Waals surface area contributed by atoms with Gasteiger partial charge in [0, 0.05) is 0 Å². The summed E-state index contributed by atoms with van der Waals surface area (Å²) in [7, 11) is 0. The minimum atomic E-state index is 0.162. The fraction of sp³-hybridized carbons (Fsp3) is 1.00. The smallest absolute Gasteiger partial charge is 0.0853 e. The van der Waals surface area contributed by atoms with Gasteiger partial charge in [0.2, 0.25) is 0 Å². The van der Waals surface area contributed by atoms with Crippen LogP contribution in [0.3, 0.4) is 0 Å². The van der Waals surface area contributed by atoms with E-state index in [1.165, 1.54) is 0 Å². The summed E-state index contributed by atoms with van der Waals surface area (Å²) in [5, 5.41) is 1.99. The molecule has 0 radical (unpaired) electrons. The highest BCUT2D eigenvalue weighted by Crippen LogP contribution is 2.07. The highest BCUT2D eigenvalue weighted by molar-refractivity contribution is 4.74. The summed E-state index contributed by atoms with van der Waals surface area (Å²) >= 11 is 0. The van der Waals surface area contributed by atoms with Crippen molar-refractivity contribution in [1.29, 1.82) is 0 Å². The summed E-state index contributed by atoms with van der Waals surface area (Å²) in [5.74, 6) is 0. The lowest BCUT2D eigenvalue weighted by Gasteiger charge is -2.00. The quantitative estimate of drug-likeness (QED) is 0.436. The maximum Gasteiger partial charge on any atom is 0.0853 e. The van der Waals surface area contributed by atoms with Gasteiger partial charge in [-0.25, -0.2) is 10.4 Å². The fourth-order valence-corrected chi connectivity index (χ4v) is 0.653. The van der Waals surface area contributed by atoms with Crippen LogP contribution < -0.4 is 11.2 Å². The van der Waals surface area contributed by atoms with Crippen LogP contribution in [0.2, 0.25) is 0 Å². The third-order valence-corrected chi connectivity index (χ3v) is 1.12. The maximum atomic E-state index is 5.45. The van der Waals surface area contributed by atoms with Crippen molar-refractivity contribution in [2.75, 3.05) is 0 Å². The number of nitrogens with two attached hydrogens (primary N) is 1. The molecular formula is C4H11N3. The molecule has 1 saturated heterocycles. The number of hydrazine groups is 1. The van der Waals surface area contributed by atoms with Crippen LogP contribution >= 0.6 is 0 Å². The van der Waals surface area contributed by atoms with E-state index < -0.39 is 0 Å². The summed E-state index contributed by atoms with van der Waals surface area (Å²) in [6.07, 6.45) is 0.662. The highest BCUT2D eigenvalue weighted by atomic mass is 15.8. The van der Waals surface area contributed by atoms with Gasteiger partial charge in [-0.05, 0) is 13.8 Å². The second-order valence-electron chi connectivity index (χ2n) is 1.95. The van der Waals surface area contributed by atoms with E-state index in [1.54, 1.807) is 0 Å². The summed E-state index contributed by atoms with van der Waals surface area (Å²) in [6, 6.07) is 0. The van der Waals surface area contributed by atoms with Crippen molar-refractivity contribution in [3.63, 3.8) is 0 Å². The van der Waals surface area contributed by atoms with E-state index in [9.17, 15) is 0 Å². The van der Waals surface area contributed by atoms with Crippen LogP contribution in [0.5, 0.6) is 0 Å². The second kappa shape index (κ2) is 1.43. The maximum absolute atomic E-state index is 5.45. The van der Waals surface area contributed by atoms with E-state index in [0.717, 1.165) is 0 Å². The molecule has 0 aromatic rings. The minimum Gasteiger partial charge on any atom is -0.315 e. The Bertz CT molecular complexity index is 71.3. The minimum absolute atomic E-state index is 0.162. The Morgan fingerprint density at radius 3 is 2.29 bits per heavy atom. The SMILES string of the molecule is CC(N)N1NC1C. The van der Waals surface area contributed by atoms with Crippen LogP contribution in [0, 0.1) is 0 Å². The van der Waals surface area contributed by atoms with Crippen LogP contribution in [0.25, 0.3) is 0 Å². The number of nitrogens with zero attached hydrogens (tertiary/aromatic N) is 1. The molecule has 1 heterocycles. The Morgan fingerprint density at radius 2 is 2.29 bits per heavy atom. The molecule has 0 saturated carbocycles. The first-order valence-corrected chi connectivity index (χ1v) is 2.52. The molecule has 7 heavy (non-hydrogen) atoms. The Labute approximate surface area is 43.4 Å². The van der Waals surface area contributed by atoms with Gasteiger partial charge in [0.15, 0.2) is 0 Å². The molecule has 3 unspecified atom stereocenters. The van der Waals surface area contributed by atoms with Crippen LogP contribution in [-0.4, -0.2) is 17.3 Å². The predicted molar refractivity (Wildman–Crippen MR) is 28.1 cm³/mol. The number of hydrogen-bond acceptors (Lipinski definition) is 3. The third kappa shape index (κ3) is 0.907. The lowest BCUT2D eigenvalue weighted by atomic mass is 10.6. The number of nitrogens with one attached hydrogen (secondary N) is 1. The molecule has 0 bridgehead atoms. The predicted octanol–water partition coefficient (Wildman–Crippen LogP) is -0.543. The molecule has 1 aliphatic rings. The Balaban J connectivity index is 2.20. The summed E-state index contributed by atoms with van der Waals surface area (Å²) < 4.78 is 0. The van der Waals surface area contributed by atoms with Gasteiger partial charge < -0.3 is 5.73 Å². The van der Waals surface area contributed by atoms with Crippen LogP contribution in [0.15, 0.2) is 0 Å². The second-order valence-corrected chi connectivity index (χ2v) is 1.95. The lowest BCUT2D eigenvalue weighted by Crippen LogP contribution is -2.27. The van der Waals surface area contributed by atoms with E-state index in [2.05, 4.69) is 12.3 Å². The molecule has 3 atom stereocenters. The molecular weight excluding hydrogens is 90.1 g/mol. The van der Waals surface area contributed by atoms with Crippen LogP contribution in [0.4, 0.5) is 0 Å². The molecule has 1 aliphatic heterocycles. The molecule has 1 rings (SSSR count). The number of hydrogen-bond donors (Lipinski definition) is 2. The van der Waals surface area contributed by atoms with Gasteiger partial charge >= 0.3 is 0 Å². The van der Waals surface area contributed by atoms with Crippen molar-refractivity contribution in [3.05, 3.63) is 0 Å². The molecule has 0 aromatic heterocycles. The van der Waals surface area contributed by atoms with Gasteiger partial charge in [-0.2, -0.15) is 0 Å². The summed E-state index contributed by atoms with van der Waals surface area (Å²) in [5.41, 5.74) is 8.49. The van der Waals surface area contributed by atoms with Gasteiger partial charge in [-0.3, -0.25) is 0 Å². The van der Waals surface area contributed by atoms with Crippen LogP contribution in [0.1, 0.15) is 13.8 Å². The number of rotatable bonds is 1. The van der Waals surface area contributed by atoms with Gasteiger partial charge in [0.1, 0.15) is 0 Å². The van der Waals surface area contributed by atoms with Gasteiger partial charge in [0.05, 0.1) is 12.3 Å². The van der Waals surface area contributed by atoms with Crippen molar-refractivity contribution in [1.82, 2.24) is 10.4 Å². The zero-order valence-corrected chi connectivity index (χ0v) is 4.68. The average Bonchev–Trinajstić information content (AvgIpc) is 2.17.